The maximum absolute atomic E-state index is 6.16. The smallest absolute Gasteiger partial charge is 0.0478 e. The number of nitrogens with two attached hydrogens (primary N) is 1. The lowest BCUT2D eigenvalue weighted by Gasteiger charge is -2.40. The average Bonchev–Trinajstić information content (AvgIpc) is 2.56. The van der Waals surface area contributed by atoms with Crippen molar-refractivity contribution in [3.05, 3.63) is 65.7 Å². The number of para-hydroxylation sites is 1. The van der Waals surface area contributed by atoms with E-state index < -0.39 is 0 Å². The second-order valence-corrected chi connectivity index (χ2v) is 5.93. The van der Waals surface area contributed by atoms with Gasteiger partial charge in [0.15, 0.2) is 0 Å². The van der Waals surface area contributed by atoms with Gasteiger partial charge in [0.05, 0.1) is 0 Å². The van der Waals surface area contributed by atoms with Crippen molar-refractivity contribution in [2.45, 2.75) is 31.7 Å². The Hall–Kier alpha value is -1.80. The second kappa shape index (κ2) is 6.31. The molecule has 21 heavy (non-hydrogen) atoms. The Morgan fingerprint density at radius 3 is 2.52 bits per heavy atom. The highest BCUT2D eigenvalue weighted by atomic mass is 15.2. The molecule has 0 radical (unpaired) electrons. The Morgan fingerprint density at radius 2 is 1.76 bits per heavy atom. The van der Waals surface area contributed by atoms with Crippen LogP contribution in [0.2, 0.25) is 0 Å². The standard InChI is InChI=1S/C19H24N2/c1-15(16-8-3-2-4-9-16)19(14-20)21-13-7-11-17-10-5-6-12-18(17)21/h2-6,8-10,12,15,19H,7,11,13-14,20H2,1H3. The van der Waals surface area contributed by atoms with Crippen LogP contribution in [-0.2, 0) is 6.42 Å². The van der Waals surface area contributed by atoms with E-state index in [1.807, 2.05) is 0 Å². The molecule has 0 saturated carbocycles. The molecule has 0 aliphatic carbocycles. The van der Waals surface area contributed by atoms with Crippen LogP contribution in [0.5, 0.6) is 0 Å². The van der Waals surface area contributed by atoms with Gasteiger partial charge < -0.3 is 10.6 Å². The summed E-state index contributed by atoms with van der Waals surface area (Å²) >= 11 is 0. The van der Waals surface area contributed by atoms with Crippen molar-refractivity contribution in [2.75, 3.05) is 18.0 Å². The first kappa shape index (κ1) is 14.2. The molecule has 1 aliphatic rings. The number of benzene rings is 2. The first-order valence-electron chi connectivity index (χ1n) is 7.91. The summed E-state index contributed by atoms with van der Waals surface area (Å²) < 4.78 is 0. The number of hydrogen-bond acceptors (Lipinski definition) is 2. The van der Waals surface area contributed by atoms with Crippen molar-refractivity contribution < 1.29 is 0 Å². The van der Waals surface area contributed by atoms with Crippen molar-refractivity contribution in [1.82, 2.24) is 0 Å². The molecule has 0 bridgehead atoms. The molecule has 2 unspecified atom stereocenters. The third kappa shape index (κ3) is 2.81. The number of rotatable bonds is 4. The predicted molar refractivity (Wildman–Crippen MR) is 89.8 cm³/mol. The number of fused-ring (bicyclic) bond motifs is 1. The molecule has 2 nitrogen and oxygen atoms in total. The molecule has 1 heterocycles. The van der Waals surface area contributed by atoms with Gasteiger partial charge in [-0.1, -0.05) is 55.5 Å². The molecular formula is C19H24N2. The molecule has 3 rings (SSSR count). The summed E-state index contributed by atoms with van der Waals surface area (Å²) in [7, 11) is 0. The largest absolute Gasteiger partial charge is 0.366 e. The van der Waals surface area contributed by atoms with Crippen molar-refractivity contribution in [1.29, 1.82) is 0 Å². The van der Waals surface area contributed by atoms with E-state index in [0.29, 0.717) is 18.5 Å². The van der Waals surface area contributed by atoms with Gasteiger partial charge in [-0.2, -0.15) is 0 Å². The minimum Gasteiger partial charge on any atom is -0.366 e. The zero-order valence-corrected chi connectivity index (χ0v) is 12.7. The number of nitrogens with zero attached hydrogens (tertiary/aromatic N) is 1. The fourth-order valence-corrected chi connectivity index (χ4v) is 3.49. The lowest BCUT2D eigenvalue weighted by Crippen LogP contribution is -2.46. The van der Waals surface area contributed by atoms with E-state index in [2.05, 4.69) is 66.4 Å². The molecule has 2 heteroatoms. The van der Waals surface area contributed by atoms with Crippen LogP contribution in [0.4, 0.5) is 5.69 Å². The molecule has 0 fully saturated rings. The van der Waals surface area contributed by atoms with Crippen LogP contribution in [0.25, 0.3) is 0 Å². The maximum Gasteiger partial charge on any atom is 0.0478 e. The van der Waals surface area contributed by atoms with Crippen molar-refractivity contribution in [2.24, 2.45) is 5.73 Å². The SMILES string of the molecule is CC(c1ccccc1)C(CN)N1CCCc2ccccc21. The van der Waals surface area contributed by atoms with Crippen LogP contribution < -0.4 is 10.6 Å². The van der Waals surface area contributed by atoms with Gasteiger partial charge in [0.2, 0.25) is 0 Å². The first-order valence-corrected chi connectivity index (χ1v) is 7.91. The fraction of sp³-hybridized carbons (Fsp3) is 0.368. The van der Waals surface area contributed by atoms with E-state index in [1.165, 1.54) is 29.7 Å². The molecule has 2 aromatic rings. The highest BCUT2D eigenvalue weighted by Crippen LogP contribution is 2.32. The summed E-state index contributed by atoms with van der Waals surface area (Å²) in [5, 5.41) is 0. The topological polar surface area (TPSA) is 29.3 Å². The van der Waals surface area contributed by atoms with Crippen molar-refractivity contribution >= 4 is 5.69 Å². The Kier molecular flexibility index (Phi) is 4.26. The normalized spacial score (nSPS) is 17.1. The second-order valence-electron chi connectivity index (χ2n) is 5.93. The number of anilines is 1. The van der Waals surface area contributed by atoms with Crippen molar-refractivity contribution in [3.8, 4) is 0 Å². The van der Waals surface area contributed by atoms with Gasteiger partial charge in [-0.05, 0) is 30.0 Å². The molecule has 2 atom stereocenters. The fourth-order valence-electron chi connectivity index (χ4n) is 3.49. The Bertz CT molecular complexity index is 579. The quantitative estimate of drug-likeness (QED) is 0.927. The van der Waals surface area contributed by atoms with Gasteiger partial charge in [-0.3, -0.25) is 0 Å². The van der Waals surface area contributed by atoms with E-state index in [-0.39, 0.29) is 0 Å². The summed E-state index contributed by atoms with van der Waals surface area (Å²) in [4.78, 5) is 2.52. The lowest BCUT2D eigenvalue weighted by atomic mass is 9.89. The summed E-state index contributed by atoms with van der Waals surface area (Å²) in [5.74, 6) is 0.433. The minimum absolute atomic E-state index is 0.355. The Morgan fingerprint density at radius 1 is 1.05 bits per heavy atom. The van der Waals surface area contributed by atoms with Crippen LogP contribution in [0, 0.1) is 0 Å². The molecule has 0 amide bonds. The zero-order chi connectivity index (χ0) is 14.7. The molecule has 110 valence electrons. The summed E-state index contributed by atoms with van der Waals surface area (Å²) in [6.45, 7) is 4.09. The molecule has 2 aromatic carbocycles. The van der Waals surface area contributed by atoms with Crippen LogP contribution in [-0.4, -0.2) is 19.1 Å². The van der Waals surface area contributed by atoms with Gasteiger partial charge in [0.1, 0.15) is 0 Å². The van der Waals surface area contributed by atoms with Crippen LogP contribution in [0.3, 0.4) is 0 Å². The zero-order valence-electron chi connectivity index (χ0n) is 12.7. The highest BCUT2D eigenvalue weighted by molar-refractivity contribution is 5.56. The molecule has 0 saturated heterocycles. The summed E-state index contributed by atoms with van der Waals surface area (Å²) in [5.41, 5.74) is 10.4. The van der Waals surface area contributed by atoms with Crippen LogP contribution in [0.15, 0.2) is 54.6 Å². The highest BCUT2D eigenvalue weighted by Gasteiger charge is 2.27. The lowest BCUT2D eigenvalue weighted by molar-refractivity contribution is 0.502. The Labute approximate surface area is 127 Å². The van der Waals surface area contributed by atoms with E-state index in [1.54, 1.807) is 0 Å². The molecule has 0 aromatic heterocycles. The average molecular weight is 280 g/mol. The van der Waals surface area contributed by atoms with Gasteiger partial charge >= 0.3 is 0 Å². The van der Waals surface area contributed by atoms with E-state index in [9.17, 15) is 0 Å². The molecule has 1 aliphatic heterocycles. The molecule has 2 N–H and O–H groups in total. The summed E-state index contributed by atoms with van der Waals surface area (Å²) in [6.07, 6.45) is 2.40. The van der Waals surface area contributed by atoms with E-state index >= 15 is 0 Å². The van der Waals surface area contributed by atoms with Gasteiger partial charge in [-0.15, -0.1) is 0 Å². The van der Waals surface area contributed by atoms with Gasteiger partial charge in [-0.25, -0.2) is 0 Å². The number of aryl methyl sites for hydroxylation is 1. The first-order chi connectivity index (χ1) is 10.3. The van der Waals surface area contributed by atoms with E-state index in [0.717, 1.165) is 6.54 Å². The third-order valence-corrected chi connectivity index (χ3v) is 4.69. The minimum atomic E-state index is 0.355. The van der Waals surface area contributed by atoms with E-state index in [4.69, 9.17) is 5.73 Å². The maximum atomic E-state index is 6.16. The molecule has 0 spiro atoms. The monoisotopic (exact) mass is 280 g/mol. The third-order valence-electron chi connectivity index (χ3n) is 4.69. The predicted octanol–water partition coefficient (Wildman–Crippen LogP) is 3.57. The molecular weight excluding hydrogens is 256 g/mol. The van der Waals surface area contributed by atoms with Crippen LogP contribution in [0.1, 0.15) is 30.4 Å². The summed E-state index contributed by atoms with van der Waals surface area (Å²) in [6, 6.07) is 19.9. The number of hydrogen-bond donors (Lipinski definition) is 1. The van der Waals surface area contributed by atoms with Gasteiger partial charge in [0.25, 0.3) is 0 Å². The van der Waals surface area contributed by atoms with Crippen LogP contribution >= 0.6 is 0 Å². The van der Waals surface area contributed by atoms with Crippen molar-refractivity contribution in [3.63, 3.8) is 0 Å². The van der Waals surface area contributed by atoms with Gasteiger partial charge in [0, 0.05) is 30.7 Å². The Balaban J connectivity index is 1.91.